The van der Waals surface area contributed by atoms with Crippen LogP contribution in [0.1, 0.15) is 19.4 Å². The number of thioether (sulfide) groups is 1. The molecule has 2 aromatic rings. The second-order valence-corrected chi connectivity index (χ2v) is 7.08. The van der Waals surface area contributed by atoms with Gasteiger partial charge < -0.3 is 9.84 Å². The number of hydrogen-bond donors (Lipinski definition) is 1. The van der Waals surface area contributed by atoms with Crippen molar-refractivity contribution in [2.75, 3.05) is 12.9 Å². The molecule has 2 rings (SSSR count). The molecule has 0 unspecified atom stereocenters. The van der Waals surface area contributed by atoms with Gasteiger partial charge in [-0.05, 0) is 31.7 Å². The van der Waals surface area contributed by atoms with E-state index in [-0.39, 0.29) is 11.4 Å². The topological polar surface area (TPSA) is 64.3 Å². The highest BCUT2D eigenvalue weighted by atomic mass is 32.2. The first-order valence-corrected chi connectivity index (χ1v) is 8.66. The van der Waals surface area contributed by atoms with E-state index in [1.54, 1.807) is 11.8 Å². The number of carbonyl (C=O) groups is 1. The predicted octanol–water partition coefficient (Wildman–Crippen LogP) is 3.29. The van der Waals surface area contributed by atoms with Crippen LogP contribution in [-0.2, 0) is 22.5 Å². The highest BCUT2D eigenvalue weighted by molar-refractivity contribution is 7.99. The maximum atomic E-state index is 10.7. The lowest BCUT2D eigenvalue weighted by atomic mass is 10.1. The van der Waals surface area contributed by atoms with Gasteiger partial charge in [0.2, 0.25) is 0 Å². The van der Waals surface area contributed by atoms with Crippen LogP contribution in [0.5, 0.6) is 0 Å². The van der Waals surface area contributed by atoms with E-state index in [0.717, 1.165) is 16.8 Å². The Labute approximate surface area is 140 Å². The highest BCUT2D eigenvalue weighted by Crippen LogP contribution is 2.22. The number of carboxylic acids is 1. The molecule has 1 aromatic carbocycles. The molecule has 23 heavy (non-hydrogen) atoms. The van der Waals surface area contributed by atoms with Crippen LogP contribution < -0.4 is 0 Å². The fraction of sp³-hybridized carbons (Fsp3) is 0.412. The van der Waals surface area contributed by atoms with Crippen LogP contribution in [-0.4, -0.2) is 38.7 Å². The molecule has 1 heterocycles. The lowest BCUT2D eigenvalue weighted by Gasteiger charge is -2.22. The second-order valence-electron chi connectivity index (χ2n) is 5.68. The van der Waals surface area contributed by atoms with Gasteiger partial charge in [-0.25, -0.2) is 0 Å². The molecule has 124 valence electrons. The van der Waals surface area contributed by atoms with Crippen LogP contribution in [0.15, 0.2) is 36.5 Å². The van der Waals surface area contributed by atoms with Crippen molar-refractivity contribution in [3.05, 3.63) is 42.1 Å². The molecule has 0 atom stereocenters. The molecule has 0 bridgehead atoms. The quantitative estimate of drug-likeness (QED) is 0.751. The fourth-order valence-electron chi connectivity index (χ4n) is 2.05. The number of nitrogens with zero attached hydrogens (tertiary/aromatic N) is 2. The Bertz CT molecular complexity index is 650. The van der Waals surface area contributed by atoms with Crippen molar-refractivity contribution >= 4 is 17.7 Å². The minimum Gasteiger partial charge on any atom is -0.481 e. The SMILES string of the molecule is CSC(C)(C)OCCn1ccc(-c2ccc(CC(=O)O)cc2)n1. The van der Waals surface area contributed by atoms with Crippen molar-refractivity contribution in [1.82, 2.24) is 9.78 Å². The van der Waals surface area contributed by atoms with Gasteiger partial charge in [0.1, 0.15) is 4.93 Å². The Balaban J connectivity index is 1.95. The predicted molar refractivity (Wildman–Crippen MR) is 92.5 cm³/mol. The Morgan fingerprint density at radius 3 is 2.61 bits per heavy atom. The van der Waals surface area contributed by atoms with E-state index < -0.39 is 5.97 Å². The molecule has 6 heteroatoms. The number of aromatic nitrogens is 2. The van der Waals surface area contributed by atoms with Gasteiger partial charge in [-0.1, -0.05) is 24.3 Å². The van der Waals surface area contributed by atoms with Crippen LogP contribution in [0.3, 0.4) is 0 Å². The molecule has 0 saturated carbocycles. The molecule has 0 aliphatic rings. The van der Waals surface area contributed by atoms with Crippen LogP contribution in [0, 0.1) is 0 Å². The van der Waals surface area contributed by atoms with Crippen molar-refractivity contribution in [2.45, 2.75) is 31.7 Å². The van der Waals surface area contributed by atoms with Crippen molar-refractivity contribution in [3.8, 4) is 11.3 Å². The summed E-state index contributed by atoms with van der Waals surface area (Å²) in [5.74, 6) is -0.824. The molecular formula is C17H22N2O3S. The zero-order valence-electron chi connectivity index (χ0n) is 13.7. The Hall–Kier alpha value is -1.79. The zero-order valence-corrected chi connectivity index (χ0v) is 14.5. The summed E-state index contributed by atoms with van der Waals surface area (Å²) < 4.78 is 7.65. The Kier molecular flexibility index (Phi) is 5.85. The molecule has 0 radical (unpaired) electrons. The molecule has 0 fully saturated rings. The van der Waals surface area contributed by atoms with E-state index in [1.165, 1.54) is 0 Å². The lowest BCUT2D eigenvalue weighted by Crippen LogP contribution is -2.21. The molecule has 0 spiro atoms. The second kappa shape index (κ2) is 7.66. The fourth-order valence-corrected chi connectivity index (χ4v) is 2.25. The van der Waals surface area contributed by atoms with Crippen LogP contribution >= 0.6 is 11.8 Å². The molecule has 0 amide bonds. The minimum atomic E-state index is -0.824. The summed E-state index contributed by atoms with van der Waals surface area (Å²) in [4.78, 5) is 10.5. The maximum Gasteiger partial charge on any atom is 0.307 e. The number of hydrogen-bond acceptors (Lipinski definition) is 4. The van der Waals surface area contributed by atoms with Gasteiger partial charge in [0.15, 0.2) is 0 Å². The summed E-state index contributed by atoms with van der Waals surface area (Å²) in [7, 11) is 0. The molecule has 0 aliphatic heterocycles. The van der Waals surface area contributed by atoms with Crippen molar-refractivity contribution in [2.24, 2.45) is 0 Å². The third-order valence-electron chi connectivity index (χ3n) is 3.51. The van der Waals surface area contributed by atoms with Gasteiger partial charge in [-0.15, -0.1) is 11.8 Å². The number of benzene rings is 1. The van der Waals surface area contributed by atoms with Crippen molar-refractivity contribution in [3.63, 3.8) is 0 Å². The summed E-state index contributed by atoms with van der Waals surface area (Å²) in [6.07, 6.45) is 3.99. The zero-order chi connectivity index (χ0) is 16.9. The van der Waals surface area contributed by atoms with Gasteiger partial charge >= 0.3 is 5.97 Å². The van der Waals surface area contributed by atoms with E-state index in [2.05, 4.69) is 5.10 Å². The van der Waals surface area contributed by atoms with E-state index in [9.17, 15) is 4.79 Å². The largest absolute Gasteiger partial charge is 0.481 e. The Morgan fingerprint density at radius 1 is 1.30 bits per heavy atom. The summed E-state index contributed by atoms with van der Waals surface area (Å²) in [6.45, 7) is 5.39. The molecule has 1 aromatic heterocycles. The third-order valence-corrected chi connectivity index (χ3v) is 4.61. The van der Waals surface area contributed by atoms with Gasteiger partial charge in [0, 0.05) is 11.8 Å². The van der Waals surface area contributed by atoms with E-state index in [1.807, 2.05) is 61.3 Å². The molecule has 0 aliphatic carbocycles. The van der Waals surface area contributed by atoms with Crippen molar-refractivity contribution < 1.29 is 14.6 Å². The first kappa shape index (κ1) is 17.6. The normalized spacial score (nSPS) is 11.6. The monoisotopic (exact) mass is 334 g/mol. The first-order valence-electron chi connectivity index (χ1n) is 7.43. The van der Waals surface area contributed by atoms with Gasteiger partial charge in [0.25, 0.3) is 0 Å². The Morgan fingerprint density at radius 2 is 2.00 bits per heavy atom. The molecule has 0 saturated heterocycles. The summed E-state index contributed by atoms with van der Waals surface area (Å²) in [5, 5.41) is 13.3. The van der Waals surface area contributed by atoms with E-state index in [4.69, 9.17) is 9.84 Å². The number of rotatable bonds is 8. The van der Waals surface area contributed by atoms with Crippen LogP contribution in [0.25, 0.3) is 11.3 Å². The smallest absolute Gasteiger partial charge is 0.307 e. The first-order chi connectivity index (χ1) is 10.9. The highest BCUT2D eigenvalue weighted by Gasteiger charge is 2.15. The standard InChI is InChI=1S/C17H22N2O3S/c1-17(2,23-3)22-11-10-19-9-8-15(18-19)14-6-4-13(5-7-14)12-16(20)21/h4-9H,10-12H2,1-3H3,(H,20,21). The summed E-state index contributed by atoms with van der Waals surface area (Å²) >= 11 is 1.68. The van der Waals surface area contributed by atoms with Gasteiger partial charge in [-0.2, -0.15) is 5.10 Å². The molecular weight excluding hydrogens is 312 g/mol. The third kappa shape index (κ3) is 5.41. The van der Waals surface area contributed by atoms with Gasteiger partial charge in [-0.3, -0.25) is 9.48 Å². The number of ether oxygens (including phenoxy) is 1. The lowest BCUT2D eigenvalue weighted by molar-refractivity contribution is -0.136. The summed E-state index contributed by atoms with van der Waals surface area (Å²) in [6, 6.07) is 9.40. The van der Waals surface area contributed by atoms with E-state index >= 15 is 0 Å². The summed E-state index contributed by atoms with van der Waals surface area (Å²) in [5.41, 5.74) is 2.63. The number of carboxylic acid groups (broad SMARTS) is 1. The van der Waals surface area contributed by atoms with Gasteiger partial charge in [0.05, 0.1) is 25.3 Å². The number of aliphatic carboxylic acids is 1. The molecule has 5 nitrogen and oxygen atoms in total. The molecule has 1 N–H and O–H groups in total. The average molecular weight is 334 g/mol. The van der Waals surface area contributed by atoms with E-state index in [0.29, 0.717) is 13.2 Å². The minimum absolute atomic E-state index is 0.0390. The van der Waals surface area contributed by atoms with Crippen LogP contribution in [0.4, 0.5) is 0 Å². The average Bonchev–Trinajstić information content (AvgIpc) is 2.96. The van der Waals surface area contributed by atoms with Crippen molar-refractivity contribution in [1.29, 1.82) is 0 Å². The van der Waals surface area contributed by atoms with Crippen LogP contribution in [0.2, 0.25) is 0 Å². The maximum absolute atomic E-state index is 10.7.